The van der Waals surface area contributed by atoms with Gasteiger partial charge in [-0.3, -0.25) is 0 Å². The van der Waals surface area contributed by atoms with Crippen molar-refractivity contribution in [3.05, 3.63) is 169 Å². The van der Waals surface area contributed by atoms with Gasteiger partial charge in [0.15, 0.2) is 0 Å². The molecule has 46 heavy (non-hydrogen) atoms. The van der Waals surface area contributed by atoms with Crippen molar-refractivity contribution in [3.63, 3.8) is 0 Å². The lowest BCUT2D eigenvalue weighted by atomic mass is 9.90. The summed E-state index contributed by atoms with van der Waals surface area (Å²) >= 11 is 1.93. The fourth-order valence-corrected chi connectivity index (χ4v) is 8.46. The second-order valence-corrected chi connectivity index (χ2v) is 12.8. The molecule has 2 heterocycles. The minimum absolute atomic E-state index is 1.03. The van der Waals surface area contributed by atoms with E-state index in [-0.39, 0.29) is 0 Å². The van der Waals surface area contributed by atoms with E-state index in [1.54, 1.807) is 0 Å². The van der Waals surface area contributed by atoms with E-state index in [0.717, 1.165) is 24.1 Å². The number of hydrogen-bond donors (Lipinski definition) is 0. The number of nitrogens with zero attached hydrogens (tertiary/aromatic N) is 1. The normalized spacial score (nSPS) is 12.3. The van der Waals surface area contributed by atoms with E-state index < -0.39 is 0 Å². The molecule has 0 saturated heterocycles. The van der Waals surface area contributed by atoms with Gasteiger partial charge in [-0.25, -0.2) is 0 Å². The van der Waals surface area contributed by atoms with Crippen molar-refractivity contribution in [2.45, 2.75) is 12.8 Å². The highest BCUT2D eigenvalue weighted by Gasteiger charge is 2.26. The van der Waals surface area contributed by atoms with Crippen LogP contribution in [0.25, 0.3) is 76.7 Å². The second-order valence-electron chi connectivity index (χ2n) is 11.8. The van der Waals surface area contributed by atoms with Gasteiger partial charge in [0.25, 0.3) is 0 Å². The topological polar surface area (TPSA) is 4.93 Å². The fourth-order valence-electron chi connectivity index (χ4n) is 7.10. The summed E-state index contributed by atoms with van der Waals surface area (Å²) < 4.78 is 2.44. The van der Waals surface area contributed by atoms with E-state index in [2.05, 4.69) is 162 Å². The first kappa shape index (κ1) is 26.8. The highest BCUT2D eigenvalue weighted by molar-refractivity contribution is 7.19. The Morgan fingerprint density at radius 2 is 1.41 bits per heavy atom. The maximum Gasteiger partial charge on any atom is 0.0632 e. The molecular weight excluding hydrogens is 575 g/mol. The molecule has 1 aliphatic rings. The largest absolute Gasteiger partial charge is 0.309 e. The Kier molecular flexibility index (Phi) is 6.44. The lowest BCUT2D eigenvalue weighted by Crippen LogP contribution is -1.98. The summed E-state index contributed by atoms with van der Waals surface area (Å²) in [6.45, 7) is 0. The number of hydrogen-bond acceptors (Lipinski definition) is 1. The van der Waals surface area contributed by atoms with Crippen molar-refractivity contribution in [1.29, 1.82) is 0 Å². The van der Waals surface area contributed by atoms with Gasteiger partial charge in [0.1, 0.15) is 0 Å². The van der Waals surface area contributed by atoms with Gasteiger partial charge in [-0.05, 0) is 77.1 Å². The predicted octanol–water partition coefficient (Wildman–Crippen LogP) is 12.1. The van der Waals surface area contributed by atoms with Crippen LogP contribution in [0, 0.1) is 12.1 Å². The predicted molar refractivity (Wildman–Crippen MR) is 195 cm³/mol. The first-order chi connectivity index (χ1) is 22.8. The third-order valence-corrected chi connectivity index (χ3v) is 10.5. The monoisotopic (exact) mass is 603 g/mol. The average molecular weight is 604 g/mol. The zero-order valence-electron chi connectivity index (χ0n) is 25.2. The number of fused-ring (bicyclic) bond motifs is 4. The van der Waals surface area contributed by atoms with Crippen LogP contribution in [0.4, 0.5) is 0 Å². The summed E-state index contributed by atoms with van der Waals surface area (Å²) in [5, 5.41) is 2.50. The summed E-state index contributed by atoms with van der Waals surface area (Å²) in [7, 11) is 0. The number of allylic oxidation sites excluding steroid dienone is 1. The number of aromatic nitrogens is 1. The van der Waals surface area contributed by atoms with Gasteiger partial charge >= 0.3 is 0 Å². The molecule has 2 aromatic heterocycles. The minimum Gasteiger partial charge on any atom is -0.309 e. The Hall–Kier alpha value is -5.62. The third kappa shape index (κ3) is 4.32. The van der Waals surface area contributed by atoms with Crippen LogP contribution in [-0.4, -0.2) is 4.57 Å². The molecule has 9 rings (SSSR count). The van der Waals surface area contributed by atoms with Crippen molar-refractivity contribution in [3.8, 4) is 48.8 Å². The molecule has 0 aliphatic heterocycles. The van der Waals surface area contributed by atoms with Crippen LogP contribution in [0.1, 0.15) is 17.5 Å². The van der Waals surface area contributed by atoms with Gasteiger partial charge in [-0.1, -0.05) is 127 Å². The summed E-state index contributed by atoms with van der Waals surface area (Å²) in [5.41, 5.74) is 13.6. The molecule has 0 radical (unpaired) electrons. The number of rotatable bonds is 5. The first-order valence-electron chi connectivity index (χ1n) is 15.8. The molecule has 0 spiro atoms. The van der Waals surface area contributed by atoms with E-state index in [0.29, 0.717) is 0 Å². The summed E-state index contributed by atoms with van der Waals surface area (Å²) in [4.78, 5) is 2.68. The highest BCUT2D eigenvalue weighted by atomic mass is 32.1. The van der Waals surface area contributed by atoms with Gasteiger partial charge in [-0.2, -0.15) is 0 Å². The van der Waals surface area contributed by atoms with Gasteiger partial charge in [-0.15, -0.1) is 11.3 Å². The summed E-state index contributed by atoms with van der Waals surface area (Å²) in [6.07, 6.45) is 6.76. The van der Waals surface area contributed by atoms with E-state index in [9.17, 15) is 0 Å². The van der Waals surface area contributed by atoms with E-state index in [1.165, 1.54) is 70.5 Å². The van der Waals surface area contributed by atoms with Crippen LogP contribution < -0.4 is 0 Å². The van der Waals surface area contributed by atoms with Crippen molar-refractivity contribution in [2.75, 3.05) is 0 Å². The molecule has 0 unspecified atom stereocenters. The van der Waals surface area contributed by atoms with E-state index in [1.807, 2.05) is 17.4 Å². The smallest absolute Gasteiger partial charge is 0.0632 e. The Balaban J connectivity index is 1.35. The van der Waals surface area contributed by atoms with Crippen molar-refractivity contribution < 1.29 is 0 Å². The van der Waals surface area contributed by atoms with Crippen molar-refractivity contribution in [1.82, 2.24) is 4.57 Å². The van der Waals surface area contributed by atoms with Gasteiger partial charge in [0.2, 0.25) is 0 Å². The third-order valence-electron chi connectivity index (χ3n) is 9.14. The summed E-state index contributed by atoms with van der Waals surface area (Å²) in [5.74, 6) is 0. The number of benzene rings is 5. The van der Waals surface area contributed by atoms with Crippen molar-refractivity contribution in [2.24, 2.45) is 0 Å². The van der Waals surface area contributed by atoms with Crippen molar-refractivity contribution >= 4 is 39.2 Å². The Morgan fingerprint density at radius 3 is 2.26 bits per heavy atom. The zero-order chi connectivity index (χ0) is 30.5. The quantitative estimate of drug-likeness (QED) is 0.184. The van der Waals surface area contributed by atoms with Gasteiger partial charge in [0.05, 0.1) is 11.0 Å². The standard InChI is InChI=1S/C44H29NS/c1-4-15-30(16-5-1)32-19-14-20-33(29-32)43-37-24-10-11-25-38(37)44(46-43)39-28-27-36-35-23-12-13-26-40(35)45(34-21-8-3-9-22-34)42(36)41(39)31-17-6-2-7-18-31/h1-6,8-10,12-17,19-24,26-29H,11,25H2. The maximum absolute atomic E-state index is 3.51. The molecule has 1 nitrogen and oxygen atoms in total. The van der Waals surface area contributed by atoms with Crippen LogP contribution in [0.2, 0.25) is 0 Å². The molecule has 0 amide bonds. The Bertz CT molecular complexity index is 2390. The van der Waals surface area contributed by atoms with Crippen LogP contribution in [-0.2, 0) is 6.42 Å². The molecule has 0 N–H and O–H groups in total. The molecule has 0 bridgehead atoms. The fraction of sp³-hybridized carbons (Fsp3) is 0.0455. The number of thiophene rings is 1. The number of para-hydroxylation sites is 2. The van der Waals surface area contributed by atoms with E-state index >= 15 is 0 Å². The lowest BCUT2D eigenvalue weighted by molar-refractivity contribution is 0.996. The molecule has 1 aliphatic carbocycles. The highest BCUT2D eigenvalue weighted by Crippen LogP contribution is 2.50. The molecule has 8 aromatic rings. The summed E-state index contributed by atoms with van der Waals surface area (Å²) in [6, 6.07) is 56.9. The van der Waals surface area contributed by atoms with Crippen LogP contribution in [0.5, 0.6) is 0 Å². The minimum atomic E-state index is 1.03. The van der Waals surface area contributed by atoms with Gasteiger partial charge in [0, 0.05) is 42.9 Å². The lowest BCUT2D eigenvalue weighted by Gasteiger charge is -2.16. The first-order valence-corrected chi connectivity index (χ1v) is 16.7. The average Bonchev–Trinajstić information content (AvgIpc) is 3.69. The molecule has 6 aromatic carbocycles. The van der Waals surface area contributed by atoms with E-state index in [4.69, 9.17) is 0 Å². The SMILES string of the molecule is c1cccc(-c2c(-c3sc(-c4cccc(-c5ccccc5)c4)c4c3CCC=C4)ccc3c4ccccc4n(-c4ccccc4)c23)c#1. The maximum atomic E-state index is 3.51. The zero-order valence-corrected chi connectivity index (χ0v) is 26.0. The Morgan fingerprint density at radius 1 is 0.630 bits per heavy atom. The second kappa shape index (κ2) is 11.1. The van der Waals surface area contributed by atoms with Gasteiger partial charge < -0.3 is 4.57 Å². The molecule has 0 fully saturated rings. The van der Waals surface area contributed by atoms with Crippen LogP contribution >= 0.6 is 11.3 Å². The Labute approximate surface area is 273 Å². The van der Waals surface area contributed by atoms with Crippen LogP contribution in [0.3, 0.4) is 0 Å². The molecule has 216 valence electrons. The molecule has 0 saturated carbocycles. The molecule has 0 atom stereocenters. The molecule has 2 heteroatoms. The van der Waals surface area contributed by atoms with Crippen LogP contribution in [0.15, 0.2) is 146 Å². The molecular formula is C44H29NS.